The largest absolute Gasteiger partial charge is 0.467 e. The summed E-state index contributed by atoms with van der Waals surface area (Å²) in [5.41, 5.74) is 0.612. The fourth-order valence-corrected chi connectivity index (χ4v) is 4.90. The number of β-lactam (4-membered cyclic amide) rings is 1. The molecule has 6 nitrogen and oxygen atoms in total. The van der Waals surface area contributed by atoms with Crippen molar-refractivity contribution >= 4 is 23.6 Å². The predicted molar refractivity (Wildman–Crippen MR) is 80.8 cm³/mol. The third-order valence-corrected chi connectivity index (χ3v) is 5.87. The molecule has 4 atom stereocenters. The quantitative estimate of drug-likeness (QED) is 0.660. The molecule has 0 aromatic carbocycles. The number of pyridine rings is 1. The van der Waals surface area contributed by atoms with Crippen LogP contribution in [0.4, 0.5) is 0 Å². The minimum Gasteiger partial charge on any atom is -0.467 e. The van der Waals surface area contributed by atoms with E-state index in [-0.39, 0.29) is 11.3 Å². The molecule has 1 unspecified atom stereocenters. The zero-order valence-corrected chi connectivity index (χ0v) is 13.4. The molecule has 22 heavy (non-hydrogen) atoms. The van der Waals surface area contributed by atoms with Gasteiger partial charge in [0.15, 0.2) is 0 Å². The summed E-state index contributed by atoms with van der Waals surface area (Å²) in [7, 11) is 1.32. The molecule has 2 aliphatic heterocycles. The van der Waals surface area contributed by atoms with E-state index >= 15 is 0 Å². The highest BCUT2D eigenvalue weighted by molar-refractivity contribution is 8.01. The number of hydrogen-bond acceptors (Lipinski definition) is 6. The van der Waals surface area contributed by atoms with Gasteiger partial charge in [-0.3, -0.25) is 9.78 Å². The second kappa shape index (κ2) is 5.24. The number of carbonyl (C=O) groups is 2. The summed E-state index contributed by atoms with van der Waals surface area (Å²) in [6, 6.07) is 2.86. The van der Waals surface area contributed by atoms with Gasteiger partial charge >= 0.3 is 5.97 Å². The van der Waals surface area contributed by atoms with Crippen LogP contribution in [-0.4, -0.2) is 50.1 Å². The van der Waals surface area contributed by atoms with Gasteiger partial charge in [0.05, 0.1) is 24.5 Å². The molecule has 3 rings (SSSR count). The first-order valence-electron chi connectivity index (χ1n) is 7.04. The maximum atomic E-state index is 12.5. The average molecular weight is 322 g/mol. The number of aliphatic hydroxyl groups is 1. The van der Waals surface area contributed by atoms with Crippen LogP contribution in [0.2, 0.25) is 0 Å². The summed E-state index contributed by atoms with van der Waals surface area (Å²) in [5.74, 6) is -1.18. The van der Waals surface area contributed by atoms with Crippen LogP contribution >= 0.6 is 11.8 Å². The summed E-state index contributed by atoms with van der Waals surface area (Å²) < 4.78 is 4.38. The number of thioether (sulfide) groups is 1. The number of methoxy groups -OCH3 is 1. The Kier molecular flexibility index (Phi) is 3.65. The predicted octanol–water partition coefficient (Wildman–Crippen LogP) is 0.966. The third-order valence-electron chi connectivity index (χ3n) is 4.27. The van der Waals surface area contributed by atoms with Gasteiger partial charge in [-0.2, -0.15) is 0 Å². The number of ether oxygens (including phenoxy) is 1. The van der Waals surface area contributed by atoms with E-state index in [4.69, 9.17) is 4.74 Å². The van der Waals surface area contributed by atoms with Gasteiger partial charge in [-0.1, -0.05) is 6.07 Å². The first-order chi connectivity index (χ1) is 10.4. The molecule has 0 saturated carbocycles. The lowest BCUT2D eigenvalue weighted by Crippen LogP contribution is -2.64. The van der Waals surface area contributed by atoms with Gasteiger partial charge in [0.2, 0.25) is 5.91 Å². The number of carbonyl (C=O) groups excluding carboxylic acids is 2. The normalized spacial score (nSPS) is 30.5. The lowest BCUT2D eigenvalue weighted by atomic mass is 9.85. The fourth-order valence-electron chi connectivity index (χ4n) is 3.18. The Morgan fingerprint density at radius 2 is 2.27 bits per heavy atom. The first kappa shape index (κ1) is 15.3. The lowest BCUT2D eigenvalue weighted by Gasteiger charge is -2.45. The van der Waals surface area contributed by atoms with Gasteiger partial charge < -0.3 is 14.7 Å². The van der Waals surface area contributed by atoms with Crippen molar-refractivity contribution in [3.05, 3.63) is 30.1 Å². The van der Waals surface area contributed by atoms with E-state index in [1.807, 2.05) is 13.8 Å². The SMILES string of the molecule is COC(=O)[C@@H]1N2C(=O)[C@H](C(O)c3cccnc3)[C@H]2SC1(C)C. The molecule has 0 bridgehead atoms. The van der Waals surface area contributed by atoms with Crippen LogP contribution < -0.4 is 0 Å². The first-order valence-corrected chi connectivity index (χ1v) is 7.92. The van der Waals surface area contributed by atoms with Gasteiger partial charge in [0.1, 0.15) is 6.04 Å². The van der Waals surface area contributed by atoms with Crippen molar-refractivity contribution in [3.8, 4) is 0 Å². The van der Waals surface area contributed by atoms with Crippen LogP contribution in [0, 0.1) is 5.92 Å². The third kappa shape index (κ3) is 2.11. The van der Waals surface area contributed by atoms with Crippen LogP contribution in [0.1, 0.15) is 25.5 Å². The van der Waals surface area contributed by atoms with Gasteiger partial charge in [-0.15, -0.1) is 11.8 Å². The number of aliphatic hydroxyl groups excluding tert-OH is 1. The molecule has 1 N–H and O–H groups in total. The zero-order valence-electron chi connectivity index (χ0n) is 12.6. The molecule has 0 radical (unpaired) electrons. The van der Waals surface area contributed by atoms with Crippen LogP contribution in [0.15, 0.2) is 24.5 Å². The number of rotatable bonds is 3. The molecule has 0 spiro atoms. The van der Waals surface area contributed by atoms with Crippen LogP contribution in [-0.2, 0) is 14.3 Å². The van der Waals surface area contributed by atoms with E-state index in [0.717, 1.165) is 0 Å². The van der Waals surface area contributed by atoms with Crippen molar-refractivity contribution in [1.82, 2.24) is 9.88 Å². The minimum atomic E-state index is -0.915. The molecular weight excluding hydrogens is 304 g/mol. The van der Waals surface area contributed by atoms with Crippen molar-refractivity contribution in [1.29, 1.82) is 0 Å². The molecule has 0 aliphatic carbocycles. The smallest absolute Gasteiger partial charge is 0.330 e. The summed E-state index contributed by atoms with van der Waals surface area (Å²) in [4.78, 5) is 30.0. The molecule has 118 valence electrons. The van der Waals surface area contributed by atoms with E-state index in [1.54, 1.807) is 29.4 Å². The maximum Gasteiger partial charge on any atom is 0.330 e. The van der Waals surface area contributed by atoms with Crippen molar-refractivity contribution in [2.24, 2.45) is 5.92 Å². The van der Waals surface area contributed by atoms with Crippen molar-refractivity contribution < 1.29 is 19.4 Å². The zero-order chi connectivity index (χ0) is 16.1. The van der Waals surface area contributed by atoms with E-state index in [1.165, 1.54) is 18.9 Å². The molecule has 3 heterocycles. The molecule has 1 aromatic rings. The minimum absolute atomic E-state index is 0.213. The maximum absolute atomic E-state index is 12.5. The van der Waals surface area contributed by atoms with E-state index in [2.05, 4.69) is 4.98 Å². The summed E-state index contributed by atoms with van der Waals surface area (Å²) >= 11 is 1.53. The topological polar surface area (TPSA) is 79.7 Å². The lowest BCUT2D eigenvalue weighted by molar-refractivity contribution is -0.170. The molecule has 2 aliphatic rings. The second-order valence-electron chi connectivity index (χ2n) is 6.04. The number of nitrogens with zero attached hydrogens (tertiary/aromatic N) is 2. The van der Waals surface area contributed by atoms with E-state index in [9.17, 15) is 14.7 Å². The van der Waals surface area contributed by atoms with Gasteiger partial charge in [-0.25, -0.2) is 4.79 Å². The average Bonchev–Trinajstić information content (AvgIpc) is 2.75. The highest BCUT2D eigenvalue weighted by Crippen LogP contribution is 2.56. The number of esters is 1. The molecule has 1 aromatic heterocycles. The Balaban J connectivity index is 1.86. The van der Waals surface area contributed by atoms with Gasteiger partial charge in [0, 0.05) is 17.1 Å². The number of hydrogen-bond donors (Lipinski definition) is 1. The van der Waals surface area contributed by atoms with E-state index < -0.39 is 28.8 Å². The van der Waals surface area contributed by atoms with Crippen molar-refractivity contribution in [3.63, 3.8) is 0 Å². The summed E-state index contributed by atoms with van der Waals surface area (Å²) in [6.45, 7) is 3.83. The molecule has 2 saturated heterocycles. The summed E-state index contributed by atoms with van der Waals surface area (Å²) in [5, 5.41) is 10.3. The molecular formula is C15H18N2O4S. The van der Waals surface area contributed by atoms with Gasteiger partial charge in [-0.05, 0) is 25.5 Å². The monoisotopic (exact) mass is 322 g/mol. The fraction of sp³-hybridized carbons (Fsp3) is 0.533. The molecule has 2 fully saturated rings. The second-order valence-corrected chi connectivity index (χ2v) is 7.81. The Labute approximate surface area is 132 Å². The molecule has 7 heteroatoms. The Morgan fingerprint density at radius 3 is 2.86 bits per heavy atom. The standard InChI is InChI=1S/C15H18N2O4S/c1-15(2)11(14(20)21-3)17-12(19)9(13(17)22-15)10(18)8-5-4-6-16-7-8/h4-7,9-11,13,18H,1-3H3/t9-,10?,11-,13+/m0/s1. The van der Waals surface area contributed by atoms with Crippen molar-refractivity contribution in [2.75, 3.05) is 7.11 Å². The van der Waals surface area contributed by atoms with Crippen molar-refractivity contribution in [2.45, 2.75) is 36.1 Å². The molecule has 1 amide bonds. The Bertz CT molecular complexity index is 607. The summed E-state index contributed by atoms with van der Waals surface area (Å²) in [6.07, 6.45) is 2.26. The Hall–Kier alpha value is -1.60. The highest BCUT2D eigenvalue weighted by Gasteiger charge is 2.65. The van der Waals surface area contributed by atoms with E-state index in [0.29, 0.717) is 5.56 Å². The number of aromatic nitrogens is 1. The van der Waals surface area contributed by atoms with Crippen LogP contribution in [0.5, 0.6) is 0 Å². The van der Waals surface area contributed by atoms with Crippen LogP contribution in [0.3, 0.4) is 0 Å². The number of amides is 1. The Morgan fingerprint density at radius 1 is 1.55 bits per heavy atom. The highest BCUT2D eigenvalue weighted by atomic mass is 32.2. The number of fused-ring (bicyclic) bond motifs is 1. The van der Waals surface area contributed by atoms with Crippen LogP contribution in [0.25, 0.3) is 0 Å². The van der Waals surface area contributed by atoms with Gasteiger partial charge in [0.25, 0.3) is 0 Å².